The summed E-state index contributed by atoms with van der Waals surface area (Å²) in [6, 6.07) is 10.1. The van der Waals surface area contributed by atoms with Gasteiger partial charge in [-0.05, 0) is 32.0 Å². The number of aryl methyl sites for hydroxylation is 2. The number of thiazole rings is 1. The minimum absolute atomic E-state index is 0.171. The lowest BCUT2D eigenvalue weighted by atomic mass is 10.2. The maximum absolute atomic E-state index is 14.0. The molecule has 0 spiro atoms. The van der Waals surface area contributed by atoms with Crippen molar-refractivity contribution in [1.82, 2.24) is 9.88 Å². The molecule has 0 radical (unpaired) electrons. The molecule has 0 saturated carbocycles. The van der Waals surface area contributed by atoms with Crippen molar-refractivity contribution in [2.75, 3.05) is 6.54 Å². The molecule has 0 aliphatic heterocycles. The van der Waals surface area contributed by atoms with Crippen molar-refractivity contribution in [1.29, 1.82) is 0 Å². The molecule has 0 atom stereocenters. The number of amides is 1. The van der Waals surface area contributed by atoms with Crippen LogP contribution in [0.2, 0.25) is 0 Å². The van der Waals surface area contributed by atoms with Crippen molar-refractivity contribution in [2.45, 2.75) is 20.4 Å². The van der Waals surface area contributed by atoms with Gasteiger partial charge in [0.05, 0.1) is 5.69 Å². The van der Waals surface area contributed by atoms with Crippen LogP contribution in [0.1, 0.15) is 26.7 Å². The van der Waals surface area contributed by atoms with Crippen LogP contribution in [0.15, 0.2) is 53.5 Å². The van der Waals surface area contributed by atoms with Crippen molar-refractivity contribution in [3.63, 3.8) is 0 Å². The quantitative estimate of drug-likeness (QED) is 0.575. The van der Waals surface area contributed by atoms with Gasteiger partial charge in [0.2, 0.25) is 0 Å². The Morgan fingerprint density at radius 3 is 2.73 bits per heavy atom. The minimum Gasteiger partial charge on any atom is -0.459 e. The Bertz CT molecular complexity index is 945. The standard InChI is InChI=1S/C20H19FN2O2S/c1-4-11-23(12-15-7-5-6-8-16(15)21)20(24)18-14(3)22-19(26-18)17-10-9-13(2)25-17/h4-10H,1,11-12H2,2-3H3. The zero-order valence-electron chi connectivity index (χ0n) is 14.7. The van der Waals surface area contributed by atoms with Gasteiger partial charge in [0, 0.05) is 18.7 Å². The molecule has 1 aromatic carbocycles. The minimum atomic E-state index is -0.331. The average Bonchev–Trinajstić information content (AvgIpc) is 3.21. The molecule has 134 valence electrons. The molecule has 6 heteroatoms. The second-order valence-electron chi connectivity index (χ2n) is 5.91. The van der Waals surface area contributed by atoms with Crippen molar-refractivity contribution in [3.05, 3.63) is 76.8 Å². The van der Waals surface area contributed by atoms with Crippen molar-refractivity contribution in [3.8, 4) is 10.8 Å². The molecule has 26 heavy (non-hydrogen) atoms. The van der Waals surface area contributed by atoms with Crippen LogP contribution in [0.4, 0.5) is 4.39 Å². The van der Waals surface area contributed by atoms with Crippen LogP contribution in [0.3, 0.4) is 0 Å². The number of hydrogen-bond donors (Lipinski definition) is 0. The van der Waals surface area contributed by atoms with E-state index in [0.717, 1.165) is 5.76 Å². The van der Waals surface area contributed by atoms with Gasteiger partial charge in [-0.3, -0.25) is 4.79 Å². The molecule has 1 amide bonds. The molecule has 0 aliphatic carbocycles. The van der Waals surface area contributed by atoms with E-state index in [4.69, 9.17) is 4.42 Å². The highest BCUT2D eigenvalue weighted by atomic mass is 32.1. The number of benzene rings is 1. The predicted molar refractivity (Wildman–Crippen MR) is 101 cm³/mol. The second-order valence-corrected chi connectivity index (χ2v) is 6.91. The van der Waals surface area contributed by atoms with Gasteiger partial charge in [0.15, 0.2) is 10.8 Å². The van der Waals surface area contributed by atoms with Gasteiger partial charge in [-0.2, -0.15) is 0 Å². The first-order valence-corrected chi connectivity index (χ1v) is 8.99. The number of carbonyl (C=O) groups is 1. The molecule has 0 saturated heterocycles. The van der Waals surface area contributed by atoms with E-state index in [1.54, 1.807) is 36.1 Å². The third-order valence-electron chi connectivity index (χ3n) is 3.90. The van der Waals surface area contributed by atoms with Crippen LogP contribution in [-0.4, -0.2) is 22.3 Å². The molecule has 0 fully saturated rings. The SMILES string of the molecule is C=CCN(Cc1ccccc1F)C(=O)c1sc(-c2ccc(C)o2)nc1C. The lowest BCUT2D eigenvalue weighted by molar-refractivity contribution is 0.0765. The maximum atomic E-state index is 14.0. The van der Waals surface area contributed by atoms with Gasteiger partial charge in [-0.25, -0.2) is 9.37 Å². The van der Waals surface area contributed by atoms with Crippen LogP contribution in [0.5, 0.6) is 0 Å². The molecule has 3 aromatic rings. The van der Waals surface area contributed by atoms with E-state index in [1.165, 1.54) is 17.4 Å². The second kappa shape index (κ2) is 7.66. The molecular weight excluding hydrogens is 351 g/mol. The largest absolute Gasteiger partial charge is 0.459 e. The van der Waals surface area contributed by atoms with E-state index in [9.17, 15) is 9.18 Å². The normalized spacial score (nSPS) is 10.7. The Hall–Kier alpha value is -2.73. The van der Waals surface area contributed by atoms with Gasteiger partial charge in [-0.1, -0.05) is 24.3 Å². The van der Waals surface area contributed by atoms with E-state index in [1.807, 2.05) is 19.1 Å². The number of furan rings is 1. The van der Waals surface area contributed by atoms with E-state index in [2.05, 4.69) is 11.6 Å². The summed E-state index contributed by atoms with van der Waals surface area (Å²) in [5, 5.41) is 0.656. The number of carbonyl (C=O) groups excluding carboxylic acids is 1. The zero-order valence-corrected chi connectivity index (χ0v) is 15.5. The first-order valence-electron chi connectivity index (χ1n) is 8.17. The zero-order chi connectivity index (χ0) is 18.7. The Labute approximate surface area is 155 Å². The number of halogens is 1. The number of nitrogens with zero attached hydrogens (tertiary/aromatic N) is 2. The topological polar surface area (TPSA) is 46.3 Å². The molecule has 2 heterocycles. The third-order valence-corrected chi connectivity index (χ3v) is 5.06. The van der Waals surface area contributed by atoms with Crippen molar-refractivity contribution in [2.24, 2.45) is 0 Å². The first-order chi connectivity index (χ1) is 12.5. The Balaban J connectivity index is 1.89. The molecule has 2 aromatic heterocycles. The highest BCUT2D eigenvalue weighted by Crippen LogP contribution is 2.30. The third kappa shape index (κ3) is 3.75. The summed E-state index contributed by atoms with van der Waals surface area (Å²) in [4.78, 5) is 19.6. The summed E-state index contributed by atoms with van der Waals surface area (Å²) in [5.41, 5.74) is 1.10. The van der Waals surface area contributed by atoms with Gasteiger partial charge in [0.25, 0.3) is 5.91 Å². The summed E-state index contributed by atoms with van der Waals surface area (Å²) in [6.07, 6.45) is 1.63. The average molecular weight is 370 g/mol. The highest BCUT2D eigenvalue weighted by Gasteiger charge is 2.23. The van der Waals surface area contributed by atoms with Gasteiger partial charge < -0.3 is 9.32 Å². The summed E-state index contributed by atoms with van der Waals surface area (Å²) >= 11 is 1.28. The Kier molecular flexibility index (Phi) is 5.32. The molecule has 0 aliphatic rings. The van der Waals surface area contributed by atoms with Crippen LogP contribution >= 0.6 is 11.3 Å². The fraction of sp³-hybridized carbons (Fsp3) is 0.200. The maximum Gasteiger partial charge on any atom is 0.266 e. The Morgan fingerprint density at radius 1 is 1.31 bits per heavy atom. The Morgan fingerprint density at radius 2 is 2.08 bits per heavy atom. The van der Waals surface area contributed by atoms with E-state index in [0.29, 0.717) is 33.4 Å². The number of hydrogen-bond acceptors (Lipinski definition) is 4. The molecule has 0 N–H and O–H groups in total. The van der Waals surface area contributed by atoms with E-state index in [-0.39, 0.29) is 18.3 Å². The van der Waals surface area contributed by atoms with Gasteiger partial charge in [0.1, 0.15) is 16.5 Å². The van der Waals surface area contributed by atoms with Crippen LogP contribution < -0.4 is 0 Å². The monoisotopic (exact) mass is 370 g/mol. The summed E-state index contributed by atoms with van der Waals surface area (Å²) < 4.78 is 19.6. The molecular formula is C20H19FN2O2S. The molecule has 0 unspecified atom stereocenters. The van der Waals surface area contributed by atoms with Crippen molar-refractivity contribution < 1.29 is 13.6 Å². The lowest BCUT2D eigenvalue weighted by Crippen LogP contribution is -2.31. The fourth-order valence-electron chi connectivity index (χ4n) is 2.60. The fourth-order valence-corrected chi connectivity index (χ4v) is 3.60. The smallest absolute Gasteiger partial charge is 0.266 e. The summed E-state index contributed by atoms with van der Waals surface area (Å²) in [5.74, 6) is 0.896. The number of aromatic nitrogens is 1. The molecule has 3 rings (SSSR count). The first kappa shape index (κ1) is 18.1. The lowest BCUT2D eigenvalue weighted by Gasteiger charge is -2.21. The van der Waals surface area contributed by atoms with Crippen LogP contribution in [-0.2, 0) is 6.54 Å². The van der Waals surface area contributed by atoms with Gasteiger partial charge >= 0.3 is 0 Å². The van der Waals surface area contributed by atoms with Gasteiger partial charge in [-0.15, -0.1) is 17.9 Å². The predicted octanol–water partition coefficient (Wildman–Crippen LogP) is 4.99. The summed E-state index contributed by atoms with van der Waals surface area (Å²) in [7, 11) is 0. The van der Waals surface area contributed by atoms with Crippen molar-refractivity contribution >= 4 is 17.2 Å². The van der Waals surface area contributed by atoms with Crippen LogP contribution in [0.25, 0.3) is 10.8 Å². The molecule has 0 bridgehead atoms. The van der Waals surface area contributed by atoms with Crippen LogP contribution in [0, 0.1) is 19.7 Å². The number of rotatable bonds is 6. The molecule has 4 nitrogen and oxygen atoms in total. The summed E-state index contributed by atoms with van der Waals surface area (Å²) in [6.45, 7) is 7.84. The van der Waals surface area contributed by atoms with E-state index >= 15 is 0 Å². The highest BCUT2D eigenvalue weighted by molar-refractivity contribution is 7.17. The van der Waals surface area contributed by atoms with E-state index < -0.39 is 0 Å².